The maximum atomic E-state index is 13.1. The highest BCUT2D eigenvalue weighted by Gasteiger charge is 2.36. The highest BCUT2D eigenvalue weighted by molar-refractivity contribution is 6.06. The van der Waals surface area contributed by atoms with Crippen LogP contribution in [-0.2, 0) is 6.42 Å². The number of carbonyl (C=O) groups excluding carboxylic acids is 1. The van der Waals surface area contributed by atoms with Gasteiger partial charge in [-0.15, -0.1) is 0 Å². The molecule has 0 saturated carbocycles. The molecule has 0 aliphatic carbocycles. The van der Waals surface area contributed by atoms with Crippen LogP contribution in [0.15, 0.2) is 24.3 Å². The number of amides is 1. The van der Waals surface area contributed by atoms with Gasteiger partial charge in [-0.1, -0.05) is 19.4 Å². The molecule has 2 saturated heterocycles. The van der Waals surface area contributed by atoms with E-state index in [9.17, 15) is 4.79 Å². The highest BCUT2D eigenvalue weighted by Crippen LogP contribution is 2.26. The van der Waals surface area contributed by atoms with Crippen LogP contribution in [0.5, 0.6) is 0 Å². The van der Waals surface area contributed by atoms with Gasteiger partial charge in [-0.05, 0) is 63.0 Å². The van der Waals surface area contributed by atoms with Crippen LogP contribution in [0.25, 0.3) is 10.9 Å². The molecule has 2 aliphatic heterocycles. The van der Waals surface area contributed by atoms with Gasteiger partial charge in [0, 0.05) is 30.2 Å². The van der Waals surface area contributed by atoms with Gasteiger partial charge in [0.2, 0.25) is 0 Å². The molecule has 4 rings (SSSR count). The Labute approximate surface area is 149 Å². The SMILES string of the molecule is CCc1ccc2nc(C)cc(C(=O)N3CC(N4CCCCC4)C3)c2c1. The first kappa shape index (κ1) is 16.5. The minimum absolute atomic E-state index is 0.164. The molecular formula is C21H27N3O. The van der Waals surface area contributed by atoms with Crippen LogP contribution in [0.1, 0.15) is 47.8 Å². The molecule has 1 amide bonds. The lowest BCUT2D eigenvalue weighted by molar-refractivity contribution is 0.0205. The predicted molar refractivity (Wildman–Crippen MR) is 101 cm³/mol. The molecule has 4 heteroatoms. The molecule has 1 aromatic heterocycles. The van der Waals surface area contributed by atoms with Gasteiger partial charge in [-0.3, -0.25) is 14.7 Å². The smallest absolute Gasteiger partial charge is 0.254 e. The van der Waals surface area contributed by atoms with Crippen molar-refractivity contribution in [3.63, 3.8) is 0 Å². The van der Waals surface area contributed by atoms with E-state index in [-0.39, 0.29) is 5.91 Å². The second-order valence-electron chi connectivity index (χ2n) is 7.48. The number of aryl methyl sites for hydroxylation is 2. The van der Waals surface area contributed by atoms with Gasteiger partial charge in [-0.2, -0.15) is 0 Å². The average molecular weight is 337 g/mol. The molecule has 3 heterocycles. The molecule has 2 aromatic rings. The van der Waals surface area contributed by atoms with E-state index < -0.39 is 0 Å². The van der Waals surface area contributed by atoms with Crippen molar-refractivity contribution in [1.29, 1.82) is 0 Å². The molecule has 0 unspecified atom stereocenters. The van der Waals surface area contributed by atoms with Crippen LogP contribution in [0, 0.1) is 6.92 Å². The van der Waals surface area contributed by atoms with Crippen LogP contribution in [0.2, 0.25) is 0 Å². The summed E-state index contributed by atoms with van der Waals surface area (Å²) in [6.07, 6.45) is 4.93. The summed E-state index contributed by atoms with van der Waals surface area (Å²) in [5.74, 6) is 0.164. The van der Waals surface area contributed by atoms with E-state index in [1.165, 1.54) is 37.9 Å². The fourth-order valence-electron chi connectivity index (χ4n) is 4.11. The number of pyridine rings is 1. The van der Waals surface area contributed by atoms with Gasteiger partial charge in [0.1, 0.15) is 0 Å². The Hall–Kier alpha value is -1.94. The predicted octanol–water partition coefficient (Wildman–Crippen LogP) is 3.42. The minimum atomic E-state index is 0.164. The van der Waals surface area contributed by atoms with Gasteiger partial charge in [0.25, 0.3) is 5.91 Å². The second kappa shape index (κ2) is 6.75. The summed E-state index contributed by atoms with van der Waals surface area (Å²) in [5.41, 5.74) is 3.90. The molecule has 0 atom stereocenters. The number of hydrogen-bond donors (Lipinski definition) is 0. The van der Waals surface area contributed by atoms with Crippen molar-refractivity contribution in [2.75, 3.05) is 26.2 Å². The van der Waals surface area contributed by atoms with Crippen molar-refractivity contribution in [3.8, 4) is 0 Å². The quantitative estimate of drug-likeness (QED) is 0.861. The van der Waals surface area contributed by atoms with Crippen LogP contribution in [0.4, 0.5) is 0 Å². The number of likely N-dealkylation sites (tertiary alicyclic amines) is 2. The largest absolute Gasteiger partial charge is 0.335 e. The molecule has 2 aliphatic rings. The molecule has 0 spiro atoms. The summed E-state index contributed by atoms with van der Waals surface area (Å²) >= 11 is 0. The number of piperidine rings is 1. The highest BCUT2D eigenvalue weighted by atomic mass is 16.2. The lowest BCUT2D eigenvalue weighted by Gasteiger charge is -2.46. The molecule has 0 bridgehead atoms. The summed E-state index contributed by atoms with van der Waals surface area (Å²) < 4.78 is 0. The number of aromatic nitrogens is 1. The Morgan fingerprint density at radius 1 is 1.16 bits per heavy atom. The first-order valence-corrected chi connectivity index (χ1v) is 9.59. The van der Waals surface area contributed by atoms with Gasteiger partial charge >= 0.3 is 0 Å². The zero-order chi connectivity index (χ0) is 17.4. The molecule has 4 nitrogen and oxygen atoms in total. The third-order valence-corrected chi connectivity index (χ3v) is 5.70. The summed E-state index contributed by atoms with van der Waals surface area (Å²) in [5, 5.41) is 0.997. The zero-order valence-corrected chi connectivity index (χ0v) is 15.3. The van der Waals surface area contributed by atoms with Crippen LogP contribution >= 0.6 is 0 Å². The number of fused-ring (bicyclic) bond motifs is 1. The molecule has 25 heavy (non-hydrogen) atoms. The number of benzene rings is 1. The first-order chi connectivity index (χ1) is 12.2. The van der Waals surface area contributed by atoms with Crippen LogP contribution in [0.3, 0.4) is 0 Å². The minimum Gasteiger partial charge on any atom is -0.335 e. The fraction of sp³-hybridized carbons (Fsp3) is 0.524. The van der Waals surface area contributed by atoms with Gasteiger partial charge in [0.05, 0.1) is 11.1 Å². The molecule has 1 aromatic carbocycles. The number of hydrogen-bond acceptors (Lipinski definition) is 3. The number of nitrogens with zero attached hydrogens (tertiary/aromatic N) is 3. The van der Waals surface area contributed by atoms with Crippen molar-refractivity contribution in [3.05, 3.63) is 41.1 Å². The van der Waals surface area contributed by atoms with E-state index in [4.69, 9.17) is 0 Å². The maximum Gasteiger partial charge on any atom is 0.254 e. The Morgan fingerprint density at radius 2 is 1.92 bits per heavy atom. The van der Waals surface area contributed by atoms with Crippen LogP contribution in [-0.4, -0.2) is 52.9 Å². The lowest BCUT2D eigenvalue weighted by Crippen LogP contribution is -2.61. The van der Waals surface area contributed by atoms with E-state index >= 15 is 0 Å². The van der Waals surface area contributed by atoms with E-state index in [1.807, 2.05) is 24.0 Å². The van der Waals surface area contributed by atoms with E-state index in [1.54, 1.807) is 0 Å². The summed E-state index contributed by atoms with van der Waals surface area (Å²) in [4.78, 5) is 22.3. The summed E-state index contributed by atoms with van der Waals surface area (Å²) in [6, 6.07) is 8.81. The van der Waals surface area contributed by atoms with Crippen molar-refractivity contribution < 1.29 is 4.79 Å². The molecular weight excluding hydrogens is 310 g/mol. The topological polar surface area (TPSA) is 36.4 Å². The van der Waals surface area contributed by atoms with E-state index in [0.29, 0.717) is 6.04 Å². The molecule has 132 valence electrons. The Kier molecular flexibility index (Phi) is 4.46. The zero-order valence-electron chi connectivity index (χ0n) is 15.3. The third kappa shape index (κ3) is 3.15. The average Bonchev–Trinajstić information content (AvgIpc) is 2.60. The Balaban J connectivity index is 1.56. The summed E-state index contributed by atoms with van der Waals surface area (Å²) in [7, 11) is 0. The first-order valence-electron chi connectivity index (χ1n) is 9.59. The number of carbonyl (C=O) groups is 1. The second-order valence-corrected chi connectivity index (χ2v) is 7.48. The number of rotatable bonds is 3. The van der Waals surface area contributed by atoms with Gasteiger partial charge < -0.3 is 4.90 Å². The molecule has 0 radical (unpaired) electrons. The Morgan fingerprint density at radius 3 is 2.64 bits per heavy atom. The van der Waals surface area contributed by atoms with E-state index in [0.717, 1.165) is 41.7 Å². The standard InChI is InChI=1S/C21H27N3O/c1-3-16-7-8-20-18(12-16)19(11-15(2)22-20)21(25)24-13-17(14-24)23-9-5-4-6-10-23/h7-8,11-12,17H,3-6,9-10,13-14H2,1-2H3. The fourth-order valence-corrected chi connectivity index (χ4v) is 4.11. The van der Waals surface area contributed by atoms with Crippen molar-refractivity contribution in [2.45, 2.75) is 45.6 Å². The molecule has 0 N–H and O–H groups in total. The summed E-state index contributed by atoms with van der Waals surface area (Å²) in [6.45, 7) is 8.25. The lowest BCUT2D eigenvalue weighted by atomic mass is 9.99. The van der Waals surface area contributed by atoms with E-state index in [2.05, 4.69) is 28.9 Å². The van der Waals surface area contributed by atoms with Gasteiger partial charge in [-0.25, -0.2) is 0 Å². The van der Waals surface area contributed by atoms with Crippen molar-refractivity contribution in [1.82, 2.24) is 14.8 Å². The molecule has 2 fully saturated rings. The van der Waals surface area contributed by atoms with Gasteiger partial charge in [0.15, 0.2) is 0 Å². The van der Waals surface area contributed by atoms with Crippen molar-refractivity contribution in [2.24, 2.45) is 0 Å². The van der Waals surface area contributed by atoms with Crippen LogP contribution < -0.4 is 0 Å². The van der Waals surface area contributed by atoms with Crippen molar-refractivity contribution >= 4 is 16.8 Å². The normalized spacial score (nSPS) is 19.2. The monoisotopic (exact) mass is 337 g/mol. The Bertz CT molecular complexity index is 789. The third-order valence-electron chi connectivity index (χ3n) is 5.70. The maximum absolute atomic E-state index is 13.1.